The van der Waals surface area contributed by atoms with Crippen molar-refractivity contribution in [1.82, 2.24) is 5.32 Å². The summed E-state index contributed by atoms with van der Waals surface area (Å²) in [6.45, 7) is 3.85. The molecule has 19 heavy (non-hydrogen) atoms. The summed E-state index contributed by atoms with van der Waals surface area (Å²) in [7, 11) is 3.34. The highest BCUT2D eigenvalue weighted by Crippen LogP contribution is 2.23. The number of methoxy groups -OCH3 is 2. The number of hydrogen-bond donors (Lipinski definition) is 1. The Balaban J connectivity index is 1.94. The lowest BCUT2D eigenvalue weighted by molar-refractivity contribution is 0.0832. The zero-order valence-corrected chi connectivity index (χ0v) is 11.9. The van der Waals surface area contributed by atoms with Gasteiger partial charge in [-0.2, -0.15) is 0 Å². The lowest BCUT2D eigenvalue weighted by atomic mass is 10.1. The first kappa shape index (κ1) is 14.2. The first-order valence-corrected chi connectivity index (χ1v) is 6.80. The van der Waals surface area contributed by atoms with Crippen molar-refractivity contribution in [2.75, 3.05) is 20.8 Å². The van der Waals surface area contributed by atoms with Gasteiger partial charge in [0.25, 0.3) is 0 Å². The van der Waals surface area contributed by atoms with Gasteiger partial charge in [-0.25, -0.2) is 0 Å². The van der Waals surface area contributed by atoms with E-state index in [4.69, 9.17) is 14.2 Å². The molecular formula is C15H23NO3. The predicted molar refractivity (Wildman–Crippen MR) is 74.8 cm³/mol. The van der Waals surface area contributed by atoms with Crippen LogP contribution < -0.4 is 14.8 Å². The van der Waals surface area contributed by atoms with Gasteiger partial charge in [0.1, 0.15) is 11.5 Å². The molecule has 0 aromatic heterocycles. The molecule has 0 radical (unpaired) electrons. The first-order chi connectivity index (χ1) is 9.22. The number of nitrogens with one attached hydrogen (secondary N) is 1. The van der Waals surface area contributed by atoms with E-state index in [1.807, 2.05) is 18.2 Å². The molecule has 1 N–H and O–H groups in total. The zero-order chi connectivity index (χ0) is 13.7. The molecule has 2 atom stereocenters. The van der Waals surface area contributed by atoms with E-state index in [1.54, 1.807) is 14.2 Å². The van der Waals surface area contributed by atoms with Crippen LogP contribution in [0, 0.1) is 0 Å². The van der Waals surface area contributed by atoms with E-state index in [1.165, 1.54) is 6.42 Å². The molecule has 0 aliphatic carbocycles. The molecule has 1 aromatic rings. The van der Waals surface area contributed by atoms with Gasteiger partial charge in [0, 0.05) is 25.3 Å². The highest BCUT2D eigenvalue weighted by Gasteiger charge is 2.21. The van der Waals surface area contributed by atoms with Crippen molar-refractivity contribution in [3.05, 3.63) is 23.8 Å². The van der Waals surface area contributed by atoms with Gasteiger partial charge in [-0.15, -0.1) is 0 Å². The van der Waals surface area contributed by atoms with Gasteiger partial charge in [-0.1, -0.05) is 0 Å². The van der Waals surface area contributed by atoms with Crippen LogP contribution in [0.15, 0.2) is 18.2 Å². The summed E-state index contributed by atoms with van der Waals surface area (Å²) in [4.78, 5) is 0. The standard InChI is InChI=1S/C15H23NO3/c1-11(15-5-4-6-19-15)16-10-12-7-13(17-2)9-14(8-12)18-3/h7-9,11,15-16H,4-6,10H2,1-3H3. The number of benzene rings is 1. The highest BCUT2D eigenvalue weighted by molar-refractivity contribution is 5.38. The maximum absolute atomic E-state index is 5.68. The van der Waals surface area contributed by atoms with Gasteiger partial charge in [-0.3, -0.25) is 0 Å². The Morgan fingerprint density at radius 1 is 1.26 bits per heavy atom. The van der Waals surface area contributed by atoms with Crippen molar-refractivity contribution in [3.8, 4) is 11.5 Å². The average molecular weight is 265 g/mol. The monoisotopic (exact) mass is 265 g/mol. The van der Waals surface area contributed by atoms with Crippen molar-refractivity contribution in [2.45, 2.75) is 38.5 Å². The molecule has 0 amide bonds. The molecule has 1 aromatic carbocycles. The molecule has 0 saturated carbocycles. The fourth-order valence-electron chi connectivity index (χ4n) is 2.38. The first-order valence-electron chi connectivity index (χ1n) is 6.80. The fourth-order valence-corrected chi connectivity index (χ4v) is 2.38. The molecule has 1 heterocycles. The van der Waals surface area contributed by atoms with Gasteiger partial charge in [0.05, 0.1) is 20.3 Å². The minimum absolute atomic E-state index is 0.340. The van der Waals surface area contributed by atoms with Crippen LogP contribution in [-0.2, 0) is 11.3 Å². The Kier molecular flexibility index (Phi) is 5.05. The van der Waals surface area contributed by atoms with Crippen LogP contribution >= 0.6 is 0 Å². The summed E-state index contributed by atoms with van der Waals surface area (Å²) >= 11 is 0. The van der Waals surface area contributed by atoms with E-state index in [0.717, 1.165) is 36.6 Å². The number of ether oxygens (including phenoxy) is 3. The van der Waals surface area contributed by atoms with Crippen LogP contribution in [0.1, 0.15) is 25.3 Å². The van der Waals surface area contributed by atoms with E-state index >= 15 is 0 Å². The van der Waals surface area contributed by atoms with E-state index in [0.29, 0.717) is 12.1 Å². The lowest BCUT2D eigenvalue weighted by Gasteiger charge is -2.20. The second-order valence-corrected chi connectivity index (χ2v) is 4.94. The maximum Gasteiger partial charge on any atom is 0.122 e. The predicted octanol–water partition coefficient (Wildman–Crippen LogP) is 2.36. The van der Waals surface area contributed by atoms with Crippen LogP contribution in [0.5, 0.6) is 11.5 Å². The van der Waals surface area contributed by atoms with Crippen molar-refractivity contribution in [3.63, 3.8) is 0 Å². The van der Waals surface area contributed by atoms with Crippen LogP contribution in [0.2, 0.25) is 0 Å². The molecule has 1 aliphatic rings. The van der Waals surface area contributed by atoms with Gasteiger partial charge in [0.2, 0.25) is 0 Å². The molecule has 1 saturated heterocycles. The molecule has 106 valence electrons. The Labute approximate surface area is 115 Å². The maximum atomic E-state index is 5.68. The second-order valence-electron chi connectivity index (χ2n) is 4.94. The molecular weight excluding hydrogens is 242 g/mol. The molecule has 2 rings (SSSR count). The third-order valence-corrected chi connectivity index (χ3v) is 3.56. The minimum Gasteiger partial charge on any atom is -0.497 e. The summed E-state index contributed by atoms with van der Waals surface area (Å²) < 4.78 is 16.2. The van der Waals surface area contributed by atoms with E-state index in [-0.39, 0.29) is 0 Å². The Morgan fingerprint density at radius 2 is 1.95 bits per heavy atom. The second kappa shape index (κ2) is 6.78. The Hall–Kier alpha value is -1.26. The SMILES string of the molecule is COc1cc(CNC(C)C2CCCO2)cc(OC)c1. The quantitative estimate of drug-likeness (QED) is 0.857. The van der Waals surface area contributed by atoms with Gasteiger partial charge >= 0.3 is 0 Å². The van der Waals surface area contributed by atoms with Crippen molar-refractivity contribution in [2.24, 2.45) is 0 Å². The molecule has 1 aliphatic heterocycles. The summed E-state index contributed by atoms with van der Waals surface area (Å²) in [5, 5.41) is 3.51. The molecule has 0 bridgehead atoms. The smallest absolute Gasteiger partial charge is 0.122 e. The summed E-state index contributed by atoms with van der Waals surface area (Å²) in [5.41, 5.74) is 1.15. The lowest BCUT2D eigenvalue weighted by Crippen LogP contribution is -2.36. The van der Waals surface area contributed by atoms with E-state index < -0.39 is 0 Å². The van der Waals surface area contributed by atoms with Gasteiger partial charge < -0.3 is 19.5 Å². The highest BCUT2D eigenvalue weighted by atomic mass is 16.5. The minimum atomic E-state index is 0.340. The van der Waals surface area contributed by atoms with Crippen LogP contribution in [0.3, 0.4) is 0 Å². The topological polar surface area (TPSA) is 39.7 Å². The van der Waals surface area contributed by atoms with Crippen LogP contribution in [-0.4, -0.2) is 33.0 Å². The molecule has 0 spiro atoms. The normalized spacial score (nSPS) is 20.3. The van der Waals surface area contributed by atoms with E-state index in [9.17, 15) is 0 Å². The number of hydrogen-bond acceptors (Lipinski definition) is 4. The fraction of sp³-hybridized carbons (Fsp3) is 0.600. The molecule has 4 nitrogen and oxygen atoms in total. The van der Waals surface area contributed by atoms with Crippen molar-refractivity contribution >= 4 is 0 Å². The number of rotatable bonds is 6. The van der Waals surface area contributed by atoms with E-state index in [2.05, 4.69) is 12.2 Å². The Bertz CT molecular complexity index is 380. The summed E-state index contributed by atoms with van der Waals surface area (Å²) in [6.07, 6.45) is 2.66. The van der Waals surface area contributed by atoms with Gasteiger partial charge in [-0.05, 0) is 37.5 Å². The third kappa shape index (κ3) is 3.85. The van der Waals surface area contributed by atoms with Gasteiger partial charge in [0.15, 0.2) is 0 Å². The summed E-state index contributed by atoms with van der Waals surface area (Å²) in [6, 6.07) is 6.29. The van der Waals surface area contributed by atoms with Crippen molar-refractivity contribution < 1.29 is 14.2 Å². The average Bonchev–Trinajstić information content (AvgIpc) is 2.98. The largest absolute Gasteiger partial charge is 0.497 e. The van der Waals surface area contributed by atoms with Crippen LogP contribution in [0.25, 0.3) is 0 Å². The van der Waals surface area contributed by atoms with Crippen LogP contribution in [0.4, 0.5) is 0 Å². The summed E-state index contributed by atoms with van der Waals surface area (Å²) in [5.74, 6) is 1.64. The third-order valence-electron chi connectivity index (χ3n) is 3.56. The molecule has 2 unspecified atom stereocenters. The Morgan fingerprint density at radius 3 is 2.47 bits per heavy atom. The molecule has 1 fully saturated rings. The molecule has 4 heteroatoms. The zero-order valence-electron chi connectivity index (χ0n) is 11.9. The van der Waals surface area contributed by atoms with Crippen molar-refractivity contribution in [1.29, 1.82) is 0 Å².